The molecule has 17 heavy (non-hydrogen) atoms. The fourth-order valence-corrected chi connectivity index (χ4v) is 1.71. The van der Waals surface area contributed by atoms with Crippen LogP contribution in [-0.2, 0) is 6.54 Å². The Labute approximate surface area is 101 Å². The number of aromatic nitrogens is 4. The van der Waals surface area contributed by atoms with E-state index < -0.39 is 0 Å². The van der Waals surface area contributed by atoms with Gasteiger partial charge in [0.2, 0.25) is 5.95 Å². The van der Waals surface area contributed by atoms with Crippen molar-refractivity contribution in [3.05, 3.63) is 36.7 Å². The van der Waals surface area contributed by atoms with E-state index in [2.05, 4.69) is 24.4 Å². The highest BCUT2D eigenvalue weighted by atomic mass is 15.2. The van der Waals surface area contributed by atoms with Gasteiger partial charge in [0.05, 0.1) is 0 Å². The van der Waals surface area contributed by atoms with Crippen LogP contribution < -0.4 is 4.90 Å². The summed E-state index contributed by atoms with van der Waals surface area (Å²) in [7, 11) is 2.01. The molecule has 90 valence electrons. The Morgan fingerprint density at radius 3 is 2.59 bits per heavy atom. The Kier molecular flexibility index (Phi) is 3.69. The number of rotatable bonds is 5. The lowest BCUT2D eigenvalue weighted by atomic mass is 10.4. The smallest absolute Gasteiger partial charge is 0.224 e. The molecule has 0 spiro atoms. The maximum absolute atomic E-state index is 4.21. The summed E-state index contributed by atoms with van der Waals surface area (Å²) in [4.78, 5) is 14.7. The second-order valence-electron chi connectivity index (χ2n) is 3.99. The highest BCUT2D eigenvalue weighted by Gasteiger charge is 2.03. The monoisotopic (exact) mass is 231 g/mol. The highest BCUT2D eigenvalue weighted by Crippen LogP contribution is 2.04. The summed E-state index contributed by atoms with van der Waals surface area (Å²) in [5.74, 6) is 1.83. The average Bonchev–Trinajstić information content (AvgIpc) is 2.76. The van der Waals surface area contributed by atoms with Crippen molar-refractivity contribution in [1.29, 1.82) is 0 Å². The normalized spacial score (nSPS) is 10.5. The summed E-state index contributed by atoms with van der Waals surface area (Å²) in [5, 5.41) is 0. The second kappa shape index (κ2) is 5.43. The largest absolute Gasteiger partial charge is 0.344 e. The minimum absolute atomic E-state index is 0.773. The Morgan fingerprint density at radius 2 is 1.94 bits per heavy atom. The van der Waals surface area contributed by atoms with Crippen LogP contribution in [0.2, 0.25) is 0 Å². The molecule has 2 heterocycles. The Balaban J connectivity index is 1.81. The number of imidazole rings is 1. The van der Waals surface area contributed by atoms with E-state index in [0.717, 1.165) is 31.3 Å². The molecule has 0 aliphatic carbocycles. The van der Waals surface area contributed by atoms with Crippen LogP contribution in [0.25, 0.3) is 0 Å². The Hall–Kier alpha value is -1.91. The molecule has 5 heteroatoms. The first-order valence-corrected chi connectivity index (χ1v) is 5.73. The number of hydrogen-bond donors (Lipinski definition) is 0. The van der Waals surface area contributed by atoms with Crippen LogP contribution >= 0.6 is 0 Å². The molecule has 0 N–H and O–H groups in total. The fourth-order valence-electron chi connectivity index (χ4n) is 1.71. The van der Waals surface area contributed by atoms with E-state index in [4.69, 9.17) is 0 Å². The lowest BCUT2D eigenvalue weighted by Gasteiger charge is -2.16. The Morgan fingerprint density at radius 1 is 1.18 bits per heavy atom. The van der Waals surface area contributed by atoms with Gasteiger partial charge in [-0.25, -0.2) is 15.0 Å². The molecule has 0 atom stereocenters. The van der Waals surface area contributed by atoms with E-state index in [1.807, 2.05) is 32.4 Å². The van der Waals surface area contributed by atoms with Crippen LogP contribution in [0.1, 0.15) is 12.2 Å². The van der Waals surface area contributed by atoms with Gasteiger partial charge in [-0.1, -0.05) is 0 Å². The summed E-state index contributed by atoms with van der Waals surface area (Å²) >= 11 is 0. The molecule has 0 saturated carbocycles. The van der Waals surface area contributed by atoms with Gasteiger partial charge >= 0.3 is 0 Å². The summed E-state index contributed by atoms with van der Waals surface area (Å²) in [6.07, 6.45) is 8.41. The zero-order chi connectivity index (χ0) is 12.1. The molecule has 2 rings (SSSR count). The van der Waals surface area contributed by atoms with Crippen molar-refractivity contribution in [2.75, 3.05) is 18.5 Å². The zero-order valence-electron chi connectivity index (χ0n) is 10.2. The van der Waals surface area contributed by atoms with Gasteiger partial charge < -0.3 is 9.47 Å². The quantitative estimate of drug-likeness (QED) is 0.782. The van der Waals surface area contributed by atoms with Crippen LogP contribution in [0.3, 0.4) is 0 Å². The highest BCUT2D eigenvalue weighted by molar-refractivity contribution is 5.25. The number of hydrogen-bond acceptors (Lipinski definition) is 4. The van der Waals surface area contributed by atoms with Crippen molar-refractivity contribution in [3.8, 4) is 0 Å². The standard InChI is InChI=1S/C12H17N5/c1-11-13-7-10-17(11)9-4-8-16(2)12-14-5-3-6-15-12/h3,5-7,10H,4,8-9H2,1-2H3. The van der Waals surface area contributed by atoms with Crippen molar-refractivity contribution in [1.82, 2.24) is 19.5 Å². The van der Waals surface area contributed by atoms with E-state index >= 15 is 0 Å². The SMILES string of the molecule is Cc1nccn1CCCN(C)c1ncccn1. The van der Waals surface area contributed by atoms with Gasteiger partial charge in [0, 0.05) is 44.9 Å². The molecule has 0 aliphatic heterocycles. The summed E-state index contributed by atoms with van der Waals surface area (Å²) in [6, 6.07) is 1.83. The molecule has 2 aromatic heterocycles. The van der Waals surface area contributed by atoms with Crippen molar-refractivity contribution in [2.45, 2.75) is 19.9 Å². The fraction of sp³-hybridized carbons (Fsp3) is 0.417. The van der Waals surface area contributed by atoms with E-state index in [1.165, 1.54) is 0 Å². The van der Waals surface area contributed by atoms with Crippen molar-refractivity contribution in [3.63, 3.8) is 0 Å². The third-order valence-corrected chi connectivity index (χ3v) is 2.71. The molecule has 0 aromatic carbocycles. The summed E-state index contributed by atoms with van der Waals surface area (Å²) in [5.41, 5.74) is 0. The van der Waals surface area contributed by atoms with E-state index in [1.54, 1.807) is 12.4 Å². The summed E-state index contributed by atoms with van der Waals surface area (Å²) < 4.78 is 2.15. The first-order valence-electron chi connectivity index (χ1n) is 5.73. The molecular formula is C12H17N5. The third-order valence-electron chi connectivity index (χ3n) is 2.71. The molecular weight excluding hydrogens is 214 g/mol. The molecule has 0 unspecified atom stereocenters. The van der Waals surface area contributed by atoms with Gasteiger partial charge in [-0.3, -0.25) is 0 Å². The third kappa shape index (κ3) is 3.03. The lowest BCUT2D eigenvalue weighted by Crippen LogP contribution is -2.22. The van der Waals surface area contributed by atoms with Crippen LogP contribution in [-0.4, -0.2) is 33.1 Å². The number of anilines is 1. The number of nitrogens with zero attached hydrogens (tertiary/aromatic N) is 5. The van der Waals surface area contributed by atoms with Gasteiger partial charge in [0.15, 0.2) is 0 Å². The first kappa shape index (κ1) is 11.6. The van der Waals surface area contributed by atoms with Gasteiger partial charge in [-0.2, -0.15) is 0 Å². The predicted octanol–water partition coefficient (Wildman–Crippen LogP) is 1.51. The maximum Gasteiger partial charge on any atom is 0.224 e. The van der Waals surface area contributed by atoms with E-state index in [0.29, 0.717) is 0 Å². The number of aryl methyl sites for hydroxylation is 2. The molecule has 5 nitrogen and oxygen atoms in total. The molecule has 0 amide bonds. The molecule has 0 radical (unpaired) electrons. The van der Waals surface area contributed by atoms with Crippen LogP contribution in [0.5, 0.6) is 0 Å². The van der Waals surface area contributed by atoms with Gasteiger partial charge in [-0.05, 0) is 19.4 Å². The predicted molar refractivity (Wildman–Crippen MR) is 66.9 cm³/mol. The van der Waals surface area contributed by atoms with Crippen molar-refractivity contribution in [2.24, 2.45) is 0 Å². The summed E-state index contributed by atoms with van der Waals surface area (Å²) in [6.45, 7) is 3.93. The maximum atomic E-state index is 4.21. The molecule has 0 bridgehead atoms. The van der Waals surface area contributed by atoms with E-state index in [9.17, 15) is 0 Å². The van der Waals surface area contributed by atoms with Gasteiger partial charge in [0.25, 0.3) is 0 Å². The topological polar surface area (TPSA) is 46.8 Å². The van der Waals surface area contributed by atoms with Crippen LogP contribution in [0.4, 0.5) is 5.95 Å². The van der Waals surface area contributed by atoms with Gasteiger partial charge in [-0.15, -0.1) is 0 Å². The first-order chi connectivity index (χ1) is 8.27. The van der Waals surface area contributed by atoms with Crippen LogP contribution in [0, 0.1) is 6.92 Å². The molecule has 0 fully saturated rings. The van der Waals surface area contributed by atoms with Gasteiger partial charge in [0.1, 0.15) is 5.82 Å². The Bertz CT molecular complexity index is 451. The van der Waals surface area contributed by atoms with Crippen molar-refractivity contribution < 1.29 is 0 Å². The molecule has 0 aliphatic rings. The van der Waals surface area contributed by atoms with E-state index in [-0.39, 0.29) is 0 Å². The second-order valence-corrected chi connectivity index (χ2v) is 3.99. The molecule has 2 aromatic rings. The zero-order valence-corrected chi connectivity index (χ0v) is 10.2. The van der Waals surface area contributed by atoms with Crippen LogP contribution in [0.15, 0.2) is 30.9 Å². The molecule has 0 saturated heterocycles. The van der Waals surface area contributed by atoms with Crippen molar-refractivity contribution >= 4 is 5.95 Å². The minimum atomic E-state index is 0.773. The lowest BCUT2D eigenvalue weighted by molar-refractivity contribution is 0.619. The average molecular weight is 231 g/mol. The minimum Gasteiger partial charge on any atom is -0.344 e.